The Morgan fingerprint density at radius 1 is 1.52 bits per heavy atom. The standard InChI is InChI=1S/C13H15N9O2S/c1-21(2)6-9-10(13(23)17-15-5-8-3-4-25-7-8)16-20-22(9)12-11(14)18-24-19-12/h3-5,7H,6H2,1-2H3,(H2,14,18)(H,17,23)/b15-5+. The summed E-state index contributed by atoms with van der Waals surface area (Å²) in [6.45, 7) is 0.371. The number of nitrogens with two attached hydrogens (primary N) is 1. The minimum absolute atomic E-state index is 0.0485. The van der Waals surface area contributed by atoms with Gasteiger partial charge in [0.2, 0.25) is 11.6 Å². The Bertz CT molecular complexity index is 881. The number of nitrogens with one attached hydrogen (secondary N) is 1. The van der Waals surface area contributed by atoms with Crippen LogP contribution in [0.5, 0.6) is 0 Å². The zero-order valence-electron chi connectivity index (χ0n) is 13.4. The van der Waals surface area contributed by atoms with Crippen molar-refractivity contribution in [3.63, 3.8) is 0 Å². The molecule has 0 unspecified atom stereocenters. The first-order chi connectivity index (χ1) is 12.1. The summed E-state index contributed by atoms with van der Waals surface area (Å²) in [5.41, 5.74) is 9.62. The summed E-state index contributed by atoms with van der Waals surface area (Å²) in [4.78, 5) is 14.2. The van der Waals surface area contributed by atoms with E-state index < -0.39 is 5.91 Å². The van der Waals surface area contributed by atoms with E-state index in [1.54, 1.807) is 6.21 Å². The van der Waals surface area contributed by atoms with E-state index in [1.807, 2.05) is 35.8 Å². The number of aromatic nitrogens is 5. The zero-order chi connectivity index (χ0) is 17.8. The molecule has 0 aliphatic carbocycles. The monoisotopic (exact) mass is 361 g/mol. The van der Waals surface area contributed by atoms with Crippen LogP contribution in [0.2, 0.25) is 0 Å². The van der Waals surface area contributed by atoms with Gasteiger partial charge in [0.25, 0.3) is 5.91 Å². The van der Waals surface area contributed by atoms with E-state index in [4.69, 9.17) is 5.73 Å². The first kappa shape index (κ1) is 16.7. The number of hydrazone groups is 1. The fraction of sp³-hybridized carbons (Fsp3) is 0.231. The van der Waals surface area contributed by atoms with Gasteiger partial charge in [0.1, 0.15) is 0 Å². The molecule has 0 aliphatic rings. The van der Waals surface area contributed by atoms with Gasteiger partial charge in [-0.3, -0.25) is 4.79 Å². The second-order valence-corrected chi connectivity index (χ2v) is 6.04. The van der Waals surface area contributed by atoms with E-state index in [0.717, 1.165) is 5.56 Å². The highest BCUT2D eigenvalue weighted by Crippen LogP contribution is 2.16. The van der Waals surface area contributed by atoms with E-state index >= 15 is 0 Å². The van der Waals surface area contributed by atoms with Crippen molar-refractivity contribution in [3.05, 3.63) is 33.8 Å². The van der Waals surface area contributed by atoms with Gasteiger partial charge in [-0.05, 0) is 41.2 Å². The third kappa shape index (κ3) is 3.70. The van der Waals surface area contributed by atoms with Crippen molar-refractivity contribution in [3.8, 4) is 5.82 Å². The van der Waals surface area contributed by atoms with Crippen molar-refractivity contribution in [1.29, 1.82) is 0 Å². The van der Waals surface area contributed by atoms with Gasteiger partial charge < -0.3 is 10.6 Å². The first-order valence-electron chi connectivity index (χ1n) is 7.09. The summed E-state index contributed by atoms with van der Waals surface area (Å²) in [6, 6.07) is 1.88. The lowest BCUT2D eigenvalue weighted by atomic mass is 10.3. The molecule has 0 fully saturated rings. The van der Waals surface area contributed by atoms with Crippen LogP contribution < -0.4 is 11.2 Å². The molecule has 3 aromatic rings. The number of carbonyl (C=O) groups is 1. The molecular weight excluding hydrogens is 346 g/mol. The predicted octanol–water partition coefficient (Wildman–Crippen LogP) is 0.119. The van der Waals surface area contributed by atoms with Gasteiger partial charge >= 0.3 is 0 Å². The second kappa shape index (κ2) is 7.19. The van der Waals surface area contributed by atoms with Crippen LogP contribution in [0.15, 0.2) is 26.6 Å². The summed E-state index contributed by atoms with van der Waals surface area (Å²) < 4.78 is 5.91. The lowest BCUT2D eigenvalue weighted by Gasteiger charge is -2.10. The van der Waals surface area contributed by atoms with Crippen LogP contribution >= 0.6 is 11.3 Å². The lowest BCUT2D eigenvalue weighted by molar-refractivity contribution is 0.0948. The quantitative estimate of drug-likeness (QED) is 0.466. The molecule has 0 spiro atoms. The molecule has 12 heteroatoms. The van der Waals surface area contributed by atoms with Gasteiger partial charge in [0.15, 0.2) is 5.69 Å². The normalized spacial score (nSPS) is 11.5. The van der Waals surface area contributed by atoms with E-state index in [2.05, 4.69) is 35.8 Å². The van der Waals surface area contributed by atoms with Crippen LogP contribution in [-0.2, 0) is 6.54 Å². The van der Waals surface area contributed by atoms with Gasteiger partial charge in [-0.25, -0.2) is 10.1 Å². The fourth-order valence-corrected chi connectivity index (χ4v) is 2.61. The predicted molar refractivity (Wildman–Crippen MR) is 90.4 cm³/mol. The molecule has 3 aromatic heterocycles. The SMILES string of the molecule is CN(C)Cc1c(C(=O)N/N=C/c2ccsc2)nnn1-c1nonc1N. The molecule has 0 atom stereocenters. The van der Waals surface area contributed by atoms with Gasteiger partial charge in [-0.15, -0.1) is 5.10 Å². The van der Waals surface area contributed by atoms with Crippen LogP contribution in [0, 0.1) is 0 Å². The van der Waals surface area contributed by atoms with Crippen molar-refractivity contribution >= 4 is 29.3 Å². The van der Waals surface area contributed by atoms with Crippen LogP contribution in [0.3, 0.4) is 0 Å². The molecule has 3 N–H and O–H groups in total. The number of carbonyl (C=O) groups excluding carboxylic acids is 1. The van der Waals surface area contributed by atoms with E-state index in [-0.39, 0.29) is 17.3 Å². The van der Waals surface area contributed by atoms with E-state index in [0.29, 0.717) is 12.2 Å². The summed E-state index contributed by atoms with van der Waals surface area (Å²) in [5, 5.41) is 22.8. The average Bonchev–Trinajstić information content (AvgIpc) is 3.28. The molecule has 0 bridgehead atoms. The van der Waals surface area contributed by atoms with Crippen LogP contribution in [-0.4, -0.2) is 56.4 Å². The Hall–Kier alpha value is -3.12. The maximum absolute atomic E-state index is 12.4. The van der Waals surface area contributed by atoms with Crippen molar-refractivity contribution in [2.24, 2.45) is 5.10 Å². The number of rotatable bonds is 6. The average molecular weight is 361 g/mol. The molecule has 0 aliphatic heterocycles. The number of anilines is 1. The van der Waals surface area contributed by atoms with Gasteiger partial charge in [-0.1, -0.05) is 5.21 Å². The molecule has 0 aromatic carbocycles. The Kier molecular flexibility index (Phi) is 4.81. The first-order valence-corrected chi connectivity index (χ1v) is 8.04. The number of nitrogen functional groups attached to an aromatic ring is 1. The molecule has 3 rings (SSSR count). The molecule has 11 nitrogen and oxygen atoms in total. The maximum Gasteiger partial charge on any atom is 0.293 e. The fourth-order valence-electron chi connectivity index (χ4n) is 1.99. The Labute approximate surface area is 146 Å². The summed E-state index contributed by atoms with van der Waals surface area (Å²) >= 11 is 1.54. The summed E-state index contributed by atoms with van der Waals surface area (Å²) in [5.74, 6) is -0.276. The maximum atomic E-state index is 12.4. The van der Waals surface area contributed by atoms with Crippen LogP contribution in [0.1, 0.15) is 21.7 Å². The summed E-state index contributed by atoms with van der Waals surface area (Å²) in [7, 11) is 3.69. The minimum Gasteiger partial charge on any atom is -0.378 e. The van der Waals surface area contributed by atoms with Crippen LogP contribution in [0.4, 0.5) is 5.82 Å². The third-order valence-corrected chi connectivity index (χ3v) is 3.76. The Morgan fingerprint density at radius 3 is 3.00 bits per heavy atom. The summed E-state index contributed by atoms with van der Waals surface area (Å²) in [6.07, 6.45) is 1.55. The zero-order valence-corrected chi connectivity index (χ0v) is 14.3. The molecular formula is C13H15N9O2S. The van der Waals surface area contributed by atoms with Crippen molar-refractivity contribution in [2.45, 2.75) is 6.54 Å². The van der Waals surface area contributed by atoms with Crippen molar-refractivity contribution in [1.82, 2.24) is 35.6 Å². The lowest BCUT2D eigenvalue weighted by Crippen LogP contribution is -2.23. The molecule has 1 amide bonds. The Morgan fingerprint density at radius 2 is 2.36 bits per heavy atom. The third-order valence-electron chi connectivity index (χ3n) is 3.06. The highest BCUT2D eigenvalue weighted by atomic mass is 32.1. The van der Waals surface area contributed by atoms with Crippen molar-refractivity contribution in [2.75, 3.05) is 19.8 Å². The molecule has 25 heavy (non-hydrogen) atoms. The number of hydrogen-bond donors (Lipinski definition) is 2. The smallest absolute Gasteiger partial charge is 0.293 e. The number of thiophene rings is 1. The molecule has 0 saturated carbocycles. The number of hydrogen-bond acceptors (Lipinski definition) is 10. The highest BCUT2D eigenvalue weighted by Gasteiger charge is 2.24. The van der Waals surface area contributed by atoms with E-state index in [9.17, 15) is 4.79 Å². The van der Waals surface area contributed by atoms with Crippen molar-refractivity contribution < 1.29 is 9.42 Å². The van der Waals surface area contributed by atoms with Crippen LogP contribution in [0.25, 0.3) is 5.82 Å². The molecule has 0 radical (unpaired) electrons. The topological polar surface area (TPSA) is 140 Å². The van der Waals surface area contributed by atoms with Gasteiger partial charge in [0, 0.05) is 12.1 Å². The number of amides is 1. The number of nitrogens with zero attached hydrogens (tertiary/aromatic N) is 7. The van der Waals surface area contributed by atoms with E-state index in [1.165, 1.54) is 16.0 Å². The molecule has 3 heterocycles. The second-order valence-electron chi connectivity index (χ2n) is 5.26. The largest absolute Gasteiger partial charge is 0.378 e. The molecule has 130 valence electrons. The van der Waals surface area contributed by atoms with Gasteiger partial charge in [-0.2, -0.15) is 21.1 Å². The highest BCUT2D eigenvalue weighted by molar-refractivity contribution is 7.08. The minimum atomic E-state index is -0.496. The Balaban J connectivity index is 1.86. The van der Waals surface area contributed by atoms with Gasteiger partial charge in [0.05, 0.1) is 11.9 Å². The molecule has 0 saturated heterocycles.